The summed E-state index contributed by atoms with van der Waals surface area (Å²) in [6, 6.07) is 3.58. The van der Waals surface area contributed by atoms with Gasteiger partial charge >= 0.3 is 18.1 Å². The number of halogens is 3. The van der Waals surface area contributed by atoms with Gasteiger partial charge in [0.25, 0.3) is 5.56 Å². The molecule has 2 aliphatic heterocycles. The Hall–Kier alpha value is -3.91. The number of anilines is 1. The molecule has 14 heteroatoms. The maximum absolute atomic E-state index is 13.1. The number of aliphatic carboxylic acids is 1. The number of methoxy groups -OCH3 is 1. The topological polar surface area (TPSA) is 151 Å². The summed E-state index contributed by atoms with van der Waals surface area (Å²) in [5, 5.41) is 16.0. The zero-order valence-corrected chi connectivity index (χ0v) is 21.0. The summed E-state index contributed by atoms with van der Waals surface area (Å²) in [5.41, 5.74) is 5.04. The molecule has 11 nitrogen and oxygen atoms in total. The van der Waals surface area contributed by atoms with Gasteiger partial charge in [0.05, 0.1) is 42.2 Å². The van der Waals surface area contributed by atoms with Gasteiger partial charge in [-0.2, -0.15) is 18.3 Å². The summed E-state index contributed by atoms with van der Waals surface area (Å²) >= 11 is 0. The van der Waals surface area contributed by atoms with Gasteiger partial charge in [-0.1, -0.05) is 6.07 Å². The van der Waals surface area contributed by atoms with E-state index in [-0.39, 0.29) is 17.4 Å². The third kappa shape index (κ3) is 6.06. The van der Waals surface area contributed by atoms with Gasteiger partial charge in [-0.3, -0.25) is 19.0 Å². The normalized spacial score (nSPS) is 21.3. The number of nitrogens with one attached hydrogen (secondary N) is 1. The Morgan fingerprint density at radius 1 is 1.23 bits per heavy atom. The predicted molar refractivity (Wildman–Crippen MR) is 133 cm³/mol. The molecule has 4 heterocycles. The highest BCUT2D eigenvalue weighted by atomic mass is 19.4. The largest absolute Gasteiger partial charge is 0.480 e. The van der Waals surface area contributed by atoms with E-state index < -0.39 is 41.2 Å². The number of nitrogens with zero attached hydrogens (tertiary/aromatic N) is 3. The van der Waals surface area contributed by atoms with Crippen molar-refractivity contribution in [1.82, 2.24) is 19.7 Å². The summed E-state index contributed by atoms with van der Waals surface area (Å²) in [6.07, 6.45) is 1.57. The van der Waals surface area contributed by atoms with Crippen LogP contribution in [0.4, 0.5) is 18.9 Å². The molecule has 0 saturated carbocycles. The summed E-state index contributed by atoms with van der Waals surface area (Å²) in [6.45, 7) is 1.18. The van der Waals surface area contributed by atoms with Crippen LogP contribution >= 0.6 is 0 Å². The van der Waals surface area contributed by atoms with Crippen molar-refractivity contribution in [3.05, 3.63) is 52.6 Å². The summed E-state index contributed by atoms with van der Waals surface area (Å²) in [7, 11) is 1.26. The summed E-state index contributed by atoms with van der Waals surface area (Å²) in [4.78, 5) is 34.1. The first-order valence-corrected chi connectivity index (χ1v) is 12.2. The molecule has 39 heavy (non-hydrogen) atoms. The molecule has 1 aromatic carbocycles. The summed E-state index contributed by atoms with van der Waals surface area (Å²) < 4.78 is 52.4. The molecule has 0 spiro atoms. The van der Waals surface area contributed by atoms with Crippen LogP contribution in [0, 0.1) is 5.92 Å². The highest BCUT2D eigenvalue weighted by molar-refractivity contribution is 5.91. The minimum Gasteiger partial charge on any atom is -0.480 e. The Morgan fingerprint density at radius 3 is 2.64 bits per heavy atom. The third-order valence-electron chi connectivity index (χ3n) is 6.67. The first kappa shape index (κ1) is 28.1. The van der Waals surface area contributed by atoms with Crippen molar-refractivity contribution in [3.63, 3.8) is 0 Å². The monoisotopic (exact) mass is 551 g/mol. The van der Waals surface area contributed by atoms with Crippen molar-refractivity contribution in [1.29, 1.82) is 0 Å². The van der Waals surface area contributed by atoms with E-state index in [2.05, 4.69) is 15.2 Å². The van der Waals surface area contributed by atoms with Gasteiger partial charge in [0.15, 0.2) is 0 Å². The number of fused-ring (bicyclic) bond motifs is 1. The second-order valence-corrected chi connectivity index (χ2v) is 9.19. The molecular formula is C25H28F3N5O6. The molecule has 0 bridgehead atoms. The fourth-order valence-corrected chi connectivity index (χ4v) is 4.70. The molecule has 3 aromatic rings. The number of hydrogen-bond acceptors (Lipinski definition) is 8. The van der Waals surface area contributed by atoms with Crippen LogP contribution in [0.25, 0.3) is 16.6 Å². The SMILES string of the molecule is COC(=O)C1CCN[C@@H]1C(=O)O.Nc1cc(=O)n(-c2cnn(C3CCCCO3)c2)c2cc(C(F)(F)F)ccc12. The maximum atomic E-state index is 13.1. The van der Waals surface area contributed by atoms with E-state index in [1.807, 2.05) is 0 Å². The standard InChI is InChI=1S/C18H17F3N4O2.C7H11NO4/c19-18(20,21)11-4-5-13-14(22)8-16(26)25(15(13)7-11)12-9-23-24(10-12)17-3-1-2-6-27-17;1-12-7(11)4-2-3-8-5(4)6(9)10/h4-5,7-10,17H,1-3,6,22H2;4-5,8H,2-3H2,1H3,(H,9,10)/t;4?,5-/m.0/s1. The van der Waals surface area contributed by atoms with Crippen molar-refractivity contribution in [3.8, 4) is 5.69 Å². The van der Waals surface area contributed by atoms with Crippen LogP contribution in [0.15, 0.2) is 41.5 Å². The third-order valence-corrected chi connectivity index (χ3v) is 6.67. The molecule has 2 unspecified atom stereocenters. The van der Waals surface area contributed by atoms with Gasteiger partial charge in [-0.25, -0.2) is 4.68 Å². The molecule has 3 atom stereocenters. The smallest absolute Gasteiger partial charge is 0.416 e. The van der Waals surface area contributed by atoms with E-state index >= 15 is 0 Å². The van der Waals surface area contributed by atoms with Crippen LogP contribution in [-0.2, 0) is 25.2 Å². The zero-order valence-electron chi connectivity index (χ0n) is 21.0. The number of carboxylic acids is 1. The molecule has 0 aliphatic carbocycles. The van der Waals surface area contributed by atoms with E-state index in [4.69, 9.17) is 15.6 Å². The Bertz CT molecular complexity index is 1410. The van der Waals surface area contributed by atoms with Crippen LogP contribution in [0.1, 0.15) is 37.5 Å². The lowest BCUT2D eigenvalue weighted by molar-refractivity contribution is -0.151. The number of ether oxygens (including phenoxy) is 2. The Labute approximate surface area is 220 Å². The average Bonchev–Trinajstić information content (AvgIpc) is 3.59. The van der Waals surface area contributed by atoms with Crippen LogP contribution in [-0.4, -0.2) is 57.7 Å². The van der Waals surface area contributed by atoms with Crippen LogP contribution in [0.3, 0.4) is 0 Å². The van der Waals surface area contributed by atoms with E-state index in [0.717, 1.165) is 31.4 Å². The maximum Gasteiger partial charge on any atom is 0.416 e. The molecule has 4 N–H and O–H groups in total. The first-order chi connectivity index (χ1) is 18.5. The van der Waals surface area contributed by atoms with Crippen LogP contribution in [0.2, 0.25) is 0 Å². The van der Waals surface area contributed by atoms with Crippen LogP contribution in [0.5, 0.6) is 0 Å². The number of alkyl halides is 3. The lowest BCUT2D eigenvalue weighted by atomic mass is 10.0. The fourth-order valence-electron chi connectivity index (χ4n) is 4.70. The number of carbonyl (C=O) groups is 2. The molecule has 2 aliphatic rings. The van der Waals surface area contributed by atoms with Crippen LogP contribution < -0.4 is 16.6 Å². The molecular weight excluding hydrogens is 523 g/mol. The van der Waals surface area contributed by atoms with Gasteiger partial charge in [0, 0.05) is 23.7 Å². The molecule has 2 fully saturated rings. The molecule has 0 radical (unpaired) electrons. The predicted octanol–water partition coefficient (Wildman–Crippen LogP) is 2.71. The fraction of sp³-hybridized carbons (Fsp3) is 0.440. The van der Waals surface area contributed by atoms with Gasteiger partial charge in [-0.05, 0) is 44.4 Å². The van der Waals surface area contributed by atoms with E-state index in [1.165, 1.54) is 30.0 Å². The number of rotatable bonds is 4. The van der Waals surface area contributed by atoms with Crippen molar-refractivity contribution < 1.29 is 37.3 Å². The van der Waals surface area contributed by atoms with Gasteiger partial charge in [-0.15, -0.1) is 0 Å². The number of pyridine rings is 1. The number of nitrogen functional groups attached to an aromatic ring is 1. The molecule has 2 aromatic heterocycles. The van der Waals surface area contributed by atoms with Gasteiger partial charge in [0.2, 0.25) is 0 Å². The van der Waals surface area contributed by atoms with Crippen molar-refractivity contribution >= 4 is 28.5 Å². The Kier molecular flexibility index (Phi) is 8.25. The van der Waals surface area contributed by atoms with Crippen molar-refractivity contribution in [2.45, 2.75) is 44.1 Å². The second kappa shape index (κ2) is 11.5. The van der Waals surface area contributed by atoms with E-state index in [0.29, 0.717) is 30.6 Å². The minimum atomic E-state index is -4.53. The lowest BCUT2D eigenvalue weighted by Crippen LogP contribution is -2.39. The molecule has 2 saturated heterocycles. The lowest BCUT2D eigenvalue weighted by Gasteiger charge is -2.22. The number of hydrogen-bond donors (Lipinski definition) is 3. The number of carboxylic acid groups (broad SMARTS) is 1. The zero-order chi connectivity index (χ0) is 28.3. The average molecular weight is 552 g/mol. The molecule has 0 amide bonds. The molecule has 210 valence electrons. The highest BCUT2D eigenvalue weighted by Gasteiger charge is 2.38. The number of nitrogens with two attached hydrogens (primary N) is 1. The highest BCUT2D eigenvalue weighted by Crippen LogP contribution is 2.33. The van der Waals surface area contributed by atoms with Gasteiger partial charge in [0.1, 0.15) is 12.3 Å². The van der Waals surface area contributed by atoms with Crippen molar-refractivity contribution in [2.75, 3.05) is 26.0 Å². The van der Waals surface area contributed by atoms with Crippen molar-refractivity contribution in [2.24, 2.45) is 5.92 Å². The number of aromatic nitrogens is 3. The summed E-state index contributed by atoms with van der Waals surface area (Å²) in [5.74, 6) is -1.98. The van der Waals surface area contributed by atoms with E-state index in [1.54, 1.807) is 10.9 Å². The number of benzene rings is 1. The Balaban J connectivity index is 0.000000247. The minimum absolute atomic E-state index is 0.0823. The van der Waals surface area contributed by atoms with E-state index in [9.17, 15) is 27.6 Å². The number of esters is 1. The number of carbonyl (C=O) groups excluding carboxylic acids is 1. The quantitative estimate of drug-likeness (QED) is 0.416. The first-order valence-electron chi connectivity index (χ1n) is 12.2. The van der Waals surface area contributed by atoms with Gasteiger partial charge < -0.3 is 25.6 Å². The Morgan fingerprint density at radius 2 is 2.00 bits per heavy atom. The molecule has 5 rings (SSSR count). The second-order valence-electron chi connectivity index (χ2n) is 9.19.